The molecule has 0 radical (unpaired) electrons. The van der Waals surface area contributed by atoms with Crippen molar-refractivity contribution in [2.45, 2.75) is 30.4 Å². The molecule has 0 saturated carbocycles. The van der Waals surface area contributed by atoms with Gasteiger partial charge in [-0.2, -0.15) is 0 Å². The van der Waals surface area contributed by atoms with Crippen LogP contribution in [0.15, 0.2) is 18.2 Å². The van der Waals surface area contributed by atoms with E-state index in [1.807, 2.05) is 25.1 Å². The van der Waals surface area contributed by atoms with Crippen LogP contribution in [-0.4, -0.2) is 10.6 Å². The highest BCUT2D eigenvalue weighted by molar-refractivity contribution is 9.10. The van der Waals surface area contributed by atoms with Crippen molar-refractivity contribution in [1.82, 2.24) is 0 Å². The van der Waals surface area contributed by atoms with Crippen molar-refractivity contribution in [2.24, 2.45) is 0 Å². The van der Waals surface area contributed by atoms with Crippen LogP contribution in [-0.2, 0) is 11.8 Å². The number of halogens is 2. The molecular weight excluding hydrogens is 320 g/mol. The molecule has 82 valence electrons. The van der Waals surface area contributed by atoms with Crippen LogP contribution < -0.4 is 0 Å². The van der Waals surface area contributed by atoms with Crippen LogP contribution in [0.1, 0.15) is 35.3 Å². The summed E-state index contributed by atoms with van der Waals surface area (Å²) in [4.78, 5) is 11.6. The van der Waals surface area contributed by atoms with Crippen molar-refractivity contribution in [3.05, 3.63) is 34.9 Å². The van der Waals surface area contributed by atoms with Crippen molar-refractivity contribution in [2.75, 3.05) is 0 Å². The van der Waals surface area contributed by atoms with Gasteiger partial charge in [-0.1, -0.05) is 50.9 Å². The molecule has 0 fully saturated rings. The highest BCUT2D eigenvalue weighted by Gasteiger charge is 2.12. The van der Waals surface area contributed by atoms with E-state index >= 15 is 0 Å². The normalized spacial score (nSPS) is 12.5. The summed E-state index contributed by atoms with van der Waals surface area (Å²) in [6.07, 6.45) is 0.957. The Balaban J connectivity index is 3.08. The SMILES string of the molecule is CCc1cc(C(=O)C(C)Br)ccc1CBr. The molecule has 0 aliphatic rings. The molecule has 1 rings (SSSR count). The zero-order valence-electron chi connectivity index (χ0n) is 8.89. The Bertz CT molecular complexity index is 359. The molecule has 0 aliphatic carbocycles. The first-order chi connectivity index (χ1) is 7.10. The van der Waals surface area contributed by atoms with E-state index in [9.17, 15) is 4.79 Å². The van der Waals surface area contributed by atoms with Gasteiger partial charge in [0.1, 0.15) is 0 Å². The monoisotopic (exact) mass is 332 g/mol. The highest BCUT2D eigenvalue weighted by Crippen LogP contribution is 2.18. The molecule has 1 atom stereocenters. The van der Waals surface area contributed by atoms with E-state index in [4.69, 9.17) is 0 Å². The van der Waals surface area contributed by atoms with Crippen LogP contribution in [0.25, 0.3) is 0 Å². The second kappa shape index (κ2) is 5.80. The number of Topliss-reactive ketones (excluding diaryl/α,β-unsaturated/α-hetero) is 1. The Labute approximate surface area is 108 Å². The minimum atomic E-state index is -0.114. The van der Waals surface area contributed by atoms with E-state index in [1.165, 1.54) is 11.1 Å². The Hall–Kier alpha value is -0.150. The maximum absolute atomic E-state index is 11.8. The zero-order valence-corrected chi connectivity index (χ0v) is 12.1. The summed E-state index contributed by atoms with van der Waals surface area (Å²) < 4.78 is 0. The van der Waals surface area contributed by atoms with Gasteiger partial charge in [-0.3, -0.25) is 4.79 Å². The van der Waals surface area contributed by atoms with Gasteiger partial charge in [-0.05, 0) is 30.5 Å². The molecule has 1 aromatic rings. The van der Waals surface area contributed by atoms with Crippen molar-refractivity contribution in [1.29, 1.82) is 0 Å². The van der Waals surface area contributed by atoms with Crippen LogP contribution in [0.5, 0.6) is 0 Å². The lowest BCUT2D eigenvalue weighted by molar-refractivity contribution is 0.0996. The Morgan fingerprint density at radius 3 is 2.53 bits per heavy atom. The third-order valence-corrected chi connectivity index (χ3v) is 3.40. The molecular formula is C12H14Br2O. The topological polar surface area (TPSA) is 17.1 Å². The van der Waals surface area contributed by atoms with Gasteiger partial charge in [0.15, 0.2) is 5.78 Å². The summed E-state index contributed by atoms with van der Waals surface area (Å²) in [5, 5.41) is 0.842. The smallest absolute Gasteiger partial charge is 0.176 e. The first-order valence-corrected chi connectivity index (χ1v) is 7.00. The van der Waals surface area contributed by atoms with E-state index in [0.29, 0.717) is 0 Å². The standard InChI is InChI=1S/C12H14Br2O/c1-3-9-6-10(12(15)8(2)14)4-5-11(9)7-13/h4-6,8H,3,7H2,1-2H3. The lowest BCUT2D eigenvalue weighted by atomic mass is 10.00. The summed E-state index contributed by atoms with van der Waals surface area (Å²) in [6, 6.07) is 5.92. The molecule has 0 amide bonds. The van der Waals surface area contributed by atoms with Crippen molar-refractivity contribution >= 4 is 37.6 Å². The average Bonchev–Trinajstić information content (AvgIpc) is 2.26. The molecule has 15 heavy (non-hydrogen) atoms. The Morgan fingerprint density at radius 2 is 2.07 bits per heavy atom. The number of benzene rings is 1. The second-order valence-corrected chi connectivity index (χ2v) is 5.39. The van der Waals surface area contributed by atoms with Gasteiger partial charge in [0.05, 0.1) is 4.83 Å². The van der Waals surface area contributed by atoms with Gasteiger partial charge >= 0.3 is 0 Å². The van der Waals surface area contributed by atoms with Gasteiger partial charge in [-0.15, -0.1) is 0 Å². The maximum Gasteiger partial charge on any atom is 0.176 e. The van der Waals surface area contributed by atoms with Gasteiger partial charge in [0.25, 0.3) is 0 Å². The molecule has 1 aromatic carbocycles. The lowest BCUT2D eigenvalue weighted by Gasteiger charge is -2.08. The largest absolute Gasteiger partial charge is 0.293 e. The zero-order chi connectivity index (χ0) is 11.4. The maximum atomic E-state index is 11.8. The fraction of sp³-hybridized carbons (Fsp3) is 0.417. The van der Waals surface area contributed by atoms with E-state index in [-0.39, 0.29) is 10.6 Å². The fourth-order valence-corrected chi connectivity index (χ4v) is 2.28. The molecule has 0 bridgehead atoms. The Kier molecular flexibility index (Phi) is 5.00. The van der Waals surface area contributed by atoms with Crippen molar-refractivity contribution in [3.8, 4) is 0 Å². The molecule has 1 unspecified atom stereocenters. The number of rotatable bonds is 4. The van der Waals surface area contributed by atoms with E-state index < -0.39 is 0 Å². The number of alkyl halides is 2. The van der Waals surface area contributed by atoms with Gasteiger partial charge in [-0.25, -0.2) is 0 Å². The predicted molar refractivity (Wildman–Crippen MR) is 71.2 cm³/mol. The Morgan fingerprint density at radius 1 is 1.40 bits per heavy atom. The van der Waals surface area contributed by atoms with Crippen LogP contribution >= 0.6 is 31.9 Å². The van der Waals surface area contributed by atoms with E-state index in [0.717, 1.165) is 17.3 Å². The van der Waals surface area contributed by atoms with E-state index in [2.05, 4.69) is 38.8 Å². The van der Waals surface area contributed by atoms with Crippen molar-refractivity contribution < 1.29 is 4.79 Å². The number of hydrogen-bond donors (Lipinski definition) is 0. The van der Waals surface area contributed by atoms with Crippen LogP contribution in [0.3, 0.4) is 0 Å². The molecule has 3 heteroatoms. The number of carbonyl (C=O) groups excluding carboxylic acids is 1. The quantitative estimate of drug-likeness (QED) is 0.598. The lowest BCUT2D eigenvalue weighted by Crippen LogP contribution is -2.10. The van der Waals surface area contributed by atoms with Gasteiger partial charge in [0.2, 0.25) is 0 Å². The summed E-state index contributed by atoms with van der Waals surface area (Å²) in [7, 11) is 0. The van der Waals surface area contributed by atoms with Crippen LogP contribution in [0.4, 0.5) is 0 Å². The third kappa shape index (κ3) is 3.15. The number of aryl methyl sites for hydroxylation is 1. The molecule has 0 saturated heterocycles. The molecule has 0 spiro atoms. The third-order valence-electron chi connectivity index (χ3n) is 2.38. The minimum Gasteiger partial charge on any atom is -0.293 e. The number of ketones is 1. The molecule has 1 nitrogen and oxygen atoms in total. The minimum absolute atomic E-state index is 0.114. The molecule has 0 heterocycles. The summed E-state index contributed by atoms with van der Waals surface area (Å²) in [6.45, 7) is 3.96. The van der Waals surface area contributed by atoms with E-state index in [1.54, 1.807) is 0 Å². The fourth-order valence-electron chi connectivity index (χ4n) is 1.47. The summed E-state index contributed by atoms with van der Waals surface area (Å²) >= 11 is 6.75. The van der Waals surface area contributed by atoms with Crippen molar-refractivity contribution in [3.63, 3.8) is 0 Å². The first kappa shape index (κ1) is 12.9. The number of carbonyl (C=O) groups is 1. The van der Waals surface area contributed by atoms with Gasteiger partial charge < -0.3 is 0 Å². The first-order valence-electron chi connectivity index (χ1n) is 4.96. The summed E-state index contributed by atoms with van der Waals surface area (Å²) in [5.41, 5.74) is 3.29. The predicted octanol–water partition coefficient (Wildman–Crippen LogP) is 4.11. The van der Waals surface area contributed by atoms with Crippen LogP contribution in [0.2, 0.25) is 0 Å². The summed E-state index contributed by atoms with van der Waals surface area (Å²) in [5.74, 6) is 0.144. The van der Waals surface area contributed by atoms with Gasteiger partial charge in [0, 0.05) is 10.9 Å². The molecule has 0 aromatic heterocycles. The second-order valence-electron chi connectivity index (χ2n) is 3.45. The highest BCUT2D eigenvalue weighted by atomic mass is 79.9. The molecule has 0 N–H and O–H groups in total. The molecule has 0 aliphatic heterocycles. The van der Waals surface area contributed by atoms with Crippen LogP contribution in [0, 0.1) is 0 Å². The average molecular weight is 334 g/mol. The number of hydrogen-bond acceptors (Lipinski definition) is 1.